The molecule has 0 unspecified atom stereocenters. The predicted octanol–water partition coefficient (Wildman–Crippen LogP) is 4.68. The third kappa shape index (κ3) is 3.81. The van der Waals surface area contributed by atoms with E-state index in [1.165, 1.54) is 40.7 Å². The summed E-state index contributed by atoms with van der Waals surface area (Å²) in [7, 11) is -3.99. The molecule has 4 nitrogen and oxygen atoms in total. The number of rotatable bonds is 5. The summed E-state index contributed by atoms with van der Waals surface area (Å²) < 4.78 is 56.6. The Morgan fingerprint density at radius 3 is 2.24 bits per heavy atom. The number of hydrogen-bond donors (Lipinski definition) is 1. The first-order valence-corrected chi connectivity index (χ1v) is 11.4. The van der Waals surface area contributed by atoms with E-state index in [0.29, 0.717) is 29.8 Å². The van der Waals surface area contributed by atoms with Gasteiger partial charge in [0.25, 0.3) is 0 Å². The van der Waals surface area contributed by atoms with Crippen LogP contribution >= 0.6 is 11.6 Å². The Morgan fingerprint density at radius 2 is 1.69 bits per heavy atom. The van der Waals surface area contributed by atoms with Gasteiger partial charge >= 0.3 is 0 Å². The Labute approximate surface area is 174 Å². The highest BCUT2D eigenvalue weighted by atomic mass is 35.5. The van der Waals surface area contributed by atoms with Crippen LogP contribution in [0.3, 0.4) is 0 Å². The Morgan fingerprint density at radius 1 is 1.07 bits per heavy atom. The first-order valence-electron chi connectivity index (χ1n) is 9.63. The summed E-state index contributed by atoms with van der Waals surface area (Å²) in [5, 5.41) is 10.4. The molecule has 156 valence electrons. The Hall–Kier alpha value is -1.54. The molecule has 2 fully saturated rings. The first kappa shape index (κ1) is 20.7. The molecule has 2 aliphatic rings. The summed E-state index contributed by atoms with van der Waals surface area (Å²) >= 11 is 5.92. The summed E-state index contributed by atoms with van der Waals surface area (Å²) in [6.45, 7) is -0.117. The van der Waals surface area contributed by atoms with Gasteiger partial charge in [0.15, 0.2) is 0 Å². The fraction of sp³-hybridized carbons (Fsp3) is 0.429. The second-order valence-corrected chi connectivity index (χ2v) is 10.3. The highest BCUT2D eigenvalue weighted by molar-refractivity contribution is 7.89. The molecule has 0 radical (unpaired) electrons. The van der Waals surface area contributed by atoms with Crippen LogP contribution in [0, 0.1) is 17.0 Å². The zero-order valence-electron chi connectivity index (χ0n) is 15.7. The van der Waals surface area contributed by atoms with Gasteiger partial charge in [0.2, 0.25) is 10.0 Å². The Balaban J connectivity index is 1.84. The number of hydrogen-bond acceptors (Lipinski definition) is 3. The van der Waals surface area contributed by atoms with Crippen LogP contribution in [0.4, 0.5) is 8.78 Å². The second-order valence-electron chi connectivity index (χ2n) is 7.97. The molecular weight excluding hydrogens is 420 g/mol. The van der Waals surface area contributed by atoms with Crippen molar-refractivity contribution >= 4 is 21.6 Å². The van der Waals surface area contributed by atoms with Crippen molar-refractivity contribution in [2.75, 3.05) is 6.61 Å². The summed E-state index contributed by atoms with van der Waals surface area (Å²) in [5.41, 5.74) is -0.206. The van der Waals surface area contributed by atoms with Gasteiger partial charge < -0.3 is 5.11 Å². The lowest BCUT2D eigenvalue weighted by molar-refractivity contribution is 0.0760. The van der Waals surface area contributed by atoms with Gasteiger partial charge in [0.1, 0.15) is 11.6 Å². The van der Waals surface area contributed by atoms with Gasteiger partial charge in [-0.3, -0.25) is 0 Å². The minimum absolute atomic E-state index is 0.0735. The van der Waals surface area contributed by atoms with Gasteiger partial charge in [0.05, 0.1) is 17.5 Å². The van der Waals surface area contributed by atoms with E-state index < -0.39 is 39.2 Å². The number of benzene rings is 2. The maximum Gasteiger partial charge on any atom is 0.243 e. The monoisotopic (exact) mass is 441 g/mol. The normalized spacial score (nSPS) is 24.4. The minimum atomic E-state index is -3.99. The third-order valence-electron chi connectivity index (χ3n) is 6.14. The number of sulfonamides is 1. The van der Waals surface area contributed by atoms with Gasteiger partial charge in [-0.1, -0.05) is 11.6 Å². The van der Waals surface area contributed by atoms with Crippen LogP contribution in [0.5, 0.6) is 0 Å². The lowest BCUT2D eigenvalue weighted by Gasteiger charge is -2.44. The first-order chi connectivity index (χ1) is 13.8. The molecule has 2 atom stereocenters. The van der Waals surface area contributed by atoms with Crippen molar-refractivity contribution in [1.29, 1.82) is 0 Å². The van der Waals surface area contributed by atoms with Gasteiger partial charge in [-0.25, -0.2) is 17.2 Å². The zero-order valence-corrected chi connectivity index (χ0v) is 17.3. The van der Waals surface area contributed by atoms with Gasteiger partial charge in [-0.05, 0) is 74.1 Å². The van der Waals surface area contributed by atoms with E-state index in [9.17, 15) is 22.3 Å². The Bertz CT molecular complexity index is 989. The van der Waals surface area contributed by atoms with Gasteiger partial charge in [0, 0.05) is 22.5 Å². The molecule has 4 rings (SSSR count). The number of nitrogens with zero attached hydrogens (tertiary/aromatic N) is 1. The fourth-order valence-corrected chi connectivity index (χ4v) is 6.53. The summed E-state index contributed by atoms with van der Waals surface area (Å²) in [4.78, 5) is 0.0735. The molecule has 1 N–H and O–H groups in total. The Kier molecular flexibility index (Phi) is 5.44. The topological polar surface area (TPSA) is 57.6 Å². The molecular formula is C21H22ClF2NO3S. The molecule has 1 aliphatic carbocycles. The average Bonchev–Trinajstić information content (AvgIpc) is 3.48. The lowest BCUT2D eigenvalue weighted by atomic mass is 9.85. The lowest BCUT2D eigenvalue weighted by Crippen LogP contribution is -2.50. The van der Waals surface area contributed by atoms with E-state index in [-0.39, 0.29) is 11.5 Å². The number of halogens is 3. The van der Waals surface area contributed by atoms with Crippen LogP contribution in [-0.4, -0.2) is 30.5 Å². The van der Waals surface area contributed by atoms with Crippen molar-refractivity contribution in [3.63, 3.8) is 0 Å². The quantitative estimate of drug-likeness (QED) is 0.733. The van der Waals surface area contributed by atoms with Crippen LogP contribution in [-0.2, 0) is 10.0 Å². The van der Waals surface area contributed by atoms with Gasteiger partial charge in [-0.2, -0.15) is 4.31 Å². The zero-order chi connectivity index (χ0) is 20.8. The largest absolute Gasteiger partial charge is 0.396 e. The maximum absolute atomic E-state index is 13.9. The molecule has 2 aromatic rings. The standard InChI is InChI=1S/C21H22ClF2NO3S/c22-15-4-6-18(7-5-15)29(27,28)25-19(14-10-16(23)12-17(24)11-14)2-1-3-20(25)21(13-26)8-9-21/h4-7,10-12,19-20,26H,1-3,8-9,13H2/t19-,20+/m1/s1. The van der Waals surface area contributed by atoms with E-state index >= 15 is 0 Å². The number of aliphatic hydroxyl groups is 1. The van der Waals surface area contributed by atoms with E-state index in [1.54, 1.807) is 0 Å². The summed E-state index contributed by atoms with van der Waals surface area (Å²) in [6, 6.07) is 7.90. The predicted molar refractivity (Wildman–Crippen MR) is 106 cm³/mol. The smallest absolute Gasteiger partial charge is 0.243 e. The average molecular weight is 442 g/mol. The molecule has 2 aromatic carbocycles. The molecule has 1 saturated carbocycles. The van der Waals surface area contributed by atoms with Crippen molar-refractivity contribution in [3.05, 3.63) is 64.7 Å². The van der Waals surface area contributed by atoms with Crippen molar-refractivity contribution in [1.82, 2.24) is 4.31 Å². The van der Waals surface area contributed by atoms with Crippen molar-refractivity contribution in [2.45, 2.75) is 49.1 Å². The van der Waals surface area contributed by atoms with Crippen LogP contribution in [0.15, 0.2) is 47.4 Å². The number of aliphatic hydroxyl groups excluding tert-OH is 1. The van der Waals surface area contributed by atoms with Crippen molar-refractivity contribution < 1.29 is 22.3 Å². The maximum atomic E-state index is 13.9. The second kappa shape index (κ2) is 7.61. The summed E-state index contributed by atoms with van der Waals surface area (Å²) in [6.07, 6.45) is 3.22. The fourth-order valence-electron chi connectivity index (χ4n) is 4.45. The SMILES string of the molecule is O=S(=O)(c1ccc(Cl)cc1)N1[C@@H](c2cc(F)cc(F)c2)CCC[C@H]1C1(CO)CC1. The third-order valence-corrected chi connectivity index (χ3v) is 8.33. The van der Waals surface area contributed by atoms with Crippen LogP contribution in [0.1, 0.15) is 43.7 Å². The van der Waals surface area contributed by atoms with Crippen LogP contribution in [0.2, 0.25) is 5.02 Å². The molecule has 1 saturated heterocycles. The highest BCUT2D eigenvalue weighted by Crippen LogP contribution is 2.56. The molecule has 29 heavy (non-hydrogen) atoms. The number of piperidine rings is 1. The minimum Gasteiger partial charge on any atom is -0.396 e. The van der Waals surface area contributed by atoms with E-state index in [0.717, 1.165) is 18.9 Å². The summed E-state index contributed by atoms with van der Waals surface area (Å²) in [5.74, 6) is -1.48. The molecule has 0 bridgehead atoms. The van der Waals surface area contributed by atoms with Crippen molar-refractivity contribution in [3.8, 4) is 0 Å². The molecule has 8 heteroatoms. The highest BCUT2D eigenvalue weighted by Gasteiger charge is 2.56. The molecule has 0 amide bonds. The van der Waals surface area contributed by atoms with Crippen LogP contribution < -0.4 is 0 Å². The molecule has 0 spiro atoms. The molecule has 1 aliphatic heterocycles. The van der Waals surface area contributed by atoms with Crippen molar-refractivity contribution in [2.24, 2.45) is 5.41 Å². The molecule has 0 aromatic heterocycles. The van der Waals surface area contributed by atoms with E-state index in [1.807, 2.05) is 0 Å². The van der Waals surface area contributed by atoms with Crippen LogP contribution in [0.25, 0.3) is 0 Å². The van der Waals surface area contributed by atoms with E-state index in [2.05, 4.69) is 0 Å². The van der Waals surface area contributed by atoms with E-state index in [4.69, 9.17) is 11.6 Å². The molecule has 1 heterocycles. The van der Waals surface area contributed by atoms with Gasteiger partial charge in [-0.15, -0.1) is 0 Å².